The van der Waals surface area contributed by atoms with Gasteiger partial charge in [0.2, 0.25) is 0 Å². The molecule has 0 aliphatic heterocycles. The molecule has 0 atom stereocenters. The van der Waals surface area contributed by atoms with E-state index in [2.05, 4.69) is 29.4 Å². The molecular weight excluding hydrogens is 258 g/mol. The summed E-state index contributed by atoms with van der Waals surface area (Å²) in [4.78, 5) is 5.60. The molecule has 1 aromatic rings. The quantitative estimate of drug-likeness (QED) is 0.535. The minimum atomic E-state index is 0.344. The van der Waals surface area contributed by atoms with Gasteiger partial charge in [0.25, 0.3) is 0 Å². The number of hydrogen-bond donors (Lipinski definition) is 0. The molecule has 0 bridgehead atoms. The van der Waals surface area contributed by atoms with E-state index in [9.17, 15) is 0 Å². The molecule has 0 radical (unpaired) electrons. The Hall–Kier alpha value is -1.31. The molecule has 2 nitrogen and oxygen atoms in total. The highest BCUT2D eigenvalue weighted by molar-refractivity contribution is 5.79. The normalized spacial score (nSPS) is 21.7. The van der Waals surface area contributed by atoms with Gasteiger partial charge in [0.1, 0.15) is 6.10 Å². The lowest BCUT2D eigenvalue weighted by atomic mass is 9.84. The fourth-order valence-electron chi connectivity index (χ4n) is 3.64. The van der Waals surface area contributed by atoms with Crippen molar-refractivity contribution in [3.63, 3.8) is 0 Å². The monoisotopic (exact) mass is 285 g/mol. The molecular formula is C19H27NO. The zero-order valence-corrected chi connectivity index (χ0v) is 13.0. The molecule has 0 saturated heterocycles. The lowest BCUT2D eigenvalue weighted by Crippen LogP contribution is -2.13. The largest absolute Gasteiger partial charge is 0.393 e. The molecule has 0 amide bonds. The van der Waals surface area contributed by atoms with E-state index in [1.165, 1.54) is 56.9 Å². The molecule has 21 heavy (non-hydrogen) atoms. The van der Waals surface area contributed by atoms with Crippen molar-refractivity contribution in [1.29, 1.82) is 0 Å². The van der Waals surface area contributed by atoms with E-state index in [1.807, 2.05) is 6.21 Å². The number of hydrogen-bond acceptors (Lipinski definition) is 2. The van der Waals surface area contributed by atoms with Gasteiger partial charge in [-0.1, -0.05) is 55.1 Å². The summed E-state index contributed by atoms with van der Waals surface area (Å²) in [6, 6.07) is 8.91. The highest BCUT2D eigenvalue weighted by Gasteiger charge is 2.15. The number of rotatable bonds is 4. The van der Waals surface area contributed by atoms with Gasteiger partial charge in [0.05, 0.1) is 6.21 Å². The van der Waals surface area contributed by atoms with Crippen molar-refractivity contribution in [1.82, 2.24) is 0 Å². The lowest BCUT2D eigenvalue weighted by Gasteiger charge is -2.21. The third-order valence-corrected chi connectivity index (χ3v) is 4.98. The fourth-order valence-corrected chi connectivity index (χ4v) is 3.64. The molecule has 0 unspecified atom stereocenters. The van der Waals surface area contributed by atoms with Crippen LogP contribution in [-0.4, -0.2) is 12.3 Å². The van der Waals surface area contributed by atoms with Gasteiger partial charge in [0.15, 0.2) is 0 Å². The van der Waals surface area contributed by atoms with Crippen LogP contribution in [0.4, 0.5) is 0 Å². The highest BCUT2D eigenvalue weighted by atomic mass is 16.6. The topological polar surface area (TPSA) is 21.6 Å². The minimum Gasteiger partial charge on any atom is -0.393 e. The van der Waals surface area contributed by atoms with Crippen LogP contribution in [-0.2, 0) is 4.84 Å². The molecule has 114 valence electrons. The summed E-state index contributed by atoms with van der Waals surface area (Å²) in [5, 5.41) is 4.18. The third kappa shape index (κ3) is 4.33. The van der Waals surface area contributed by atoms with Crippen LogP contribution < -0.4 is 0 Å². The minimum absolute atomic E-state index is 0.344. The predicted molar refractivity (Wildman–Crippen MR) is 87.8 cm³/mol. The Balaban J connectivity index is 1.51. The van der Waals surface area contributed by atoms with Crippen LogP contribution in [0.25, 0.3) is 0 Å². The fraction of sp³-hybridized carbons (Fsp3) is 0.632. The molecule has 0 spiro atoms. The second-order valence-corrected chi connectivity index (χ2v) is 6.60. The summed E-state index contributed by atoms with van der Waals surface area (Å²) in [5.74, 6) is 0.781. The van der Waals surface area contributed by atoms with Gasteiger partial charge in [0, 0.05) is 0 Å². The van der Waals surface area contributed by atoms with Crippen LogP contribution in [0.3, 0.4) is 0 Å². The van der Waals surface area contributed by atoms with E-state index in [0.717, 1.165) is 24.3 Å². The average Bonchev–Trinajstić information content (AvgIpc) is 2.57. The second-order valence-electron chi connectivity index (χ2n) is 6.60. The van der Waals surface area contributed by atoms with Crippen LogP contribution in [0.15, 0.2) is 29.4 Å². The maximum absolute atomic E-state index is 5.60. The molecule has 2 saturated carbocycles. The van der Waals surface area contributed by atoms with Gasteiger partial charge in [-0.2, -0.15) is 0 Å². The maximum Gasteiger partial charge on any atom is 0.127 e. The summed E-state index contributed by atoms with van der Waals surface area (Å²) >= 11 is 0. The Bertz CT molecular complexity index is 439. The van der Waals surface area contributed by atoms with Gasteiger partial charge in [-0.25, -0.2) is 0 Å². The Kier molecular flexibility index (Phi) is 5.31. The molecule has 2 heteroatoms. The van der Waals surface area contributed by atoms with Crippen molar-refractivity contribution in [2.75, 3.05) is 0 Å². The summed E-state index contributed by atoms with van der Waals surface area (Å²) in [7, 11) is 0. The molecule has 2 fully saturated rings. The van der Waals surface area contributed by atoms with E-state index in [1.54, 1.807) is 0 Å². The average molecular weight is 285 g/mol. The van der Waals surface area contributed by atoms with E-state index >= 15 is 0 Å². The molecule has 2 aliphatic carbocycles. The first-order valence-electron chi connectivity index (χ1n) is 8.71. The summed E-state index contributed by atoms with van der Waals surface area (Å²) in [6.07, 6.45) is 15.4. The Morgan fingerprint density at radius 2 is 1.43 bits per heavy atom. The van der Waals surface area contributed by atoms with Crippen LogP contribution in [0, 0.1) is 0 Å². The lowest BCUT2D eigenvalue weighted by molar-refractivity contribution is 0.0340. The van der Waals surface area contributed by atoms with E-state index in [-0.39, 0.29) is 0 Å². The van der Waals surface area contributed by atoms with Crippen LogP contribution in [0.2, 0.25) is 0 Å². The zero-order valence-electron chi connectivity index (χ0n) is 13.0. The van der Waals surface area contributed by atoms with Gasteiger partial charge in [-0.3, -0.25) is 0 Å². The van der Waals surface area contributed by atoms with Crippen molar-refractivity contribution < 1.29 is 4.84 Å². The third-order valence-electron chi connectivity index (χ3n) is 4.98. The smallest absolute Gasteiger partial charge is 0.127 e. The van der Waals surface area contributed by atoms with Crippen molar-refractivity contribution >= 4 is 6.21 Å². The predicted octanol–water partition coefficient (Wildman–Crippen LogP) is 5.42. The number of benzene rings is 1. The standard InChI is InChI=1S/C19H27NO/c1-3-7-17(8-4-1)18-13-11-16(12-14-18)15-20-21-19-9-5-2-6-10-19/h11-15,17,19H,1-10H2. The van der Waals surface area contributed by atoms with Crippen molar-refractivity contribution in [2.45, 2.75) is 76.2 Å². The van der Waals surface area contributed by atoms with Crippen molar-refractivity contribution in [3.05, 3.63) is 35.4 Å². The molecule has 1 aromatic carbocycles. The van der Waals surface area contributed by atoms with Crippen LogP contribution >= 0.6 is 0 Å². The number of nitrogens with zero attached hydrogens (tertiary/aromatic N) is 1. The molecule has 2 aliphatic rings. The van der Waals surface area contributed by atoms with Gasteiger partial charge in [-0.05, 0) is 55.6 Å². The van der Waals surface area contributed by atoms with E-state index < -0.39 is 0 Å². The first-order chi connectivity index (χ1) is 10.4. The first-order valence-corrected chi connectivity index (χ1v) is 8.71. The first kappa shape index (κ1) is 14.6. The van der Waals surface area contributed by atoms with Gasteiger partial charge < -0.3 is 4.84 Å². The Morgan fingerprint density at radius 1 is 0.810 bits per heavy atom. The van der Waals surface area contributed by atoms with Crippen LogP contribution in [0.1, 0.15) is 81.3 Å². The Morgan fingerprint density at radius 3 is 2.10 bits per heavy atom. The van der Waals surface area contributed by atoms with Crippen molar-refractivity contribution in [2.24, 2.45) is 5.16 Å². The van der Waals surface area contributed by atoms with Gasteiger partial charge >= 0.3 is 0 Å². The maximum atomic E-state index is 5.60. The SMILES string of the molecule is C(=NOC1CCCCC1)c1ccc(C2CCCCC2)cc1. The summed E-state index contributed by atoms with van der Waals surface area (Å²) in [6.45, 7) is 0. The van der Waals surface area contributed by atoms with E-state index in [4.69, 9.17) is 4.84 Å². The van der Waals surface area contributed by atoms with Gasteiger partial charge in [-0.15, -0.1) is 0 Å². The molecule has 0 heterocycles. The molecule has 3 rings (SSSR count). The summed E-state index contributed by atoms with van der Waals surface area (Å²) in [5.41, 5.74) is 2.64. The molecule has 0 aromatic heterocycles. The molecule has 0 N–H and O–H groups in total. The zero-order chi connectivity index (χ0) is 14.3. The number of oxime groups is 1. The summed E-state index contributed by atoms with van der Waals surface area (Å²) < 4.78 is 0. The van der Waals surface area contributed by atoms with Crippen LogP contribution in [0.5, 0.6) is 0 Å². The van der Waals surface area contributed by atoms with E-state index in [0.29, 0.717) is 6.10 Å². The highest BCUT2D eigenvalue weighted by Crippen LogP contribution is 2.32. The second kappa shape index (κ2) is 7.63. The van der Waals surface area contributed by atoms with Crippen molar-refractivity contribution in [3.8, 4) is 0 Å². The Labute approximate surface area is 128 Å².